The number of imidazole rings is 1. The van der Waals surface area contributed by atoms with E-state index < -0.39 is 12.0 Å². The smallest absolute Gasteiger partial charge is 0.359 e. The van der Waals surface area contributed by atoms with Gasteiger partial charge in [-0.2, -0.15) is 13.2 Å². The van der Waals surface area contributed by atoms with Gasteiger partial charge in [-0.15, -0.1) is 0 Å². The van der Waals surface area contributed by atoms with Crippen molar-refractivity contribution < 1.29 is 18.0 Å². The number of carbonyl (C=O) groups excluding carboxylic acids is 1. The molecule has 2 heterocycles. The minimum atomic E-state index is -4.50. The summed E-state index contributed by atoms with van der Waals surface area (Å²) in [5.41, 5.74) is 1.01. The largest absolute Gasteiger partial charge is 0.449 e. The zero-order valence-electron chi connectivity index (χ0n) is 10.5. The Morgan fingerprint density at radius 2 is 2.26 bits per heavy atom. The molecule has 1 aliphatic heterocycles. The summed E-state index contributed by atoms with van der Waals surface area (Å²) >= 11 is 0. The van der Waals surface area contributed by atoms with Crippen molar-refractivity contribution >= 4 is 5.91 Å². The number of alkyl halides is 3. The van der Waals surface area contributed by atoms with Gasteiger partial charge in [-0.25, -0.2) is 4.98 Å². The third kappa shape index (κ3) is 2.89. The van der Waals surface area contributed by atoms with E-state index in [9.17, 15) is 18.0 Å². The van der Waals surface area contributed by atoms with Crippen LogP contribution in [0.15, 0.2) is 0 Å². The Morgan fingerprint density at radius 1 is 1.53 bits per heavy atom. The van der Waals surface area contributed by atoms with Crippen LogP contribution in [0.25, 0.3) is 0 Å². The fourth-order valence-electron chi connectivity index (χ4n) is 2.17. The van der Waals surface area contributed by atoms with Crippen molar-refractivity contribution in [2.45, 2.75) is 32.1 Å². The molecule has 0 radical (unpaired) electrons. The Balaban J connectivity index is 2.32. The predicted molar refractivity (Wildman–Crippen MR) is 61.3 cm³/mol. The van der Waals surface area contributed by atoms with Crippen LogP contribution < -0.4 is 10.6 Å². The molecule has 0 unspecified atom stereocenters. The van der Waals surface area contributed by atoms with Crippen LogP contribution in [0.3, 0.4) is 0 Å². The number of hydrogen-bond donors (Lipinski definition) is 2. The van der Waals surface area contributed by atoms with Crippen LogP contribution in [0, 0.1) is 0 Å². The van der Waals surface area contributed by atoms with Gasteiger partial charge in [-0.05, 0) is 0 Å². The Labute approximate surface area is 108 Å². The number of halogens is 3. The number of carbonyl (C=O) groups is 1. The highest BCUT2D eigenvalue weighted by atomic mass is 19.4. The van der Waals surface area contributed by atoms with Gasteiger partial charge in [0.25, 0.3) is 0 Å². The maximum absolute atomic E-state index is 12.9. The summed E-state index contributed by atoms with van der Waals surface area (Å²) in [4.78, 5) is 14.9. The van der Waals surface area contributed by atoms with Gasteiger partial charge in [0.1, 0.15) is 0 Å². The molecule has 2 rings (SSSR count). The average molecular weight is 276 g/mol. The molecule has 1 amide bonds. The Bertz CT molecular complexity index is 481. The van der Waals surface area contributed by atoms with Crippen molar-refractivity contribution in [2.75, 3.05) is 13.6 Å². The molecule has 0 atom stereocenters. The first-order valence-electron chi connectivity index (χ1n) is 6.00. The van der Waals surface area contributed by atoms with Gasteiger partial charge in [0.15, 0.2) is 0 Å². The second-order valence-corrected chi connectivity index (χ2v) is 4.33. The maximum atomic E-state index is 12.9. The van der Waals surface area contributed by atoms with Gasteiger partial charge in [-0.1, -0.05) is 0 Å². The fraction of sp³-hybridized carbons (Fsp3) is 0.636. The van der Waals surface area contributed by atoms with E-state index in [0.29, 0.717) is 30.9 Å². The second kappa shape index (κ2) is 5.20. The summed E-state index contributed by atoms with van der Waals surface area (Å²) in [5.74, 6) is -1.20. The van der Waals surface area contributed by atoms with Gasteiger partial charge in [-0.3, -0.25) is 4.79 Å². The summed E-state index contributed by atoms with van der Waals surface area (Å²) in [6.07, 6.45) is -4.00. The van der Waals surface area contributed by atoms with Crippen LogP contribution in [0.5, 0.6) is 0 Å². The molecule has 5 nitrogen and oxygen atoms in total. The van der Waals surface area contributed by atoms with Crippen LogP contribution in [0.4, 0.5) is 13.2 Å². The topological polar surface area (TPSA) is 59.0 Å². The summed E-state index contributed by atoms with van der Waals surface area (Å²) in [5, 5.41) is 5.39. The molecule has 8 heteroatoms. The minimum Gasteiger partial charge on any atom is -0.359 e. The monoisotopic (exact) mass is 276 g/mol. The van der Waals surface area contributed by atoms with Crippen molar-refractivity contribution in [1.82, 2.24) is 20.2 Å². The lowest BCUT2D eigenvalue weighted by atomic mass is 10.2. The lowest BCUT2D eigenvalue weighted by Gasteiger charge is -2.16. The van der Waals surface area contributed by atoms with E-state index in [0.717, 1.165) is 4.57 Å². The Hall–Kier alpha value is -1.57. The van der Waals surface area contributed by atoms with Crippen molar-refractivity contribution in [3.63, 3.8) is 0 Å². The van der Waals surface area contributed by atoms with Crippen LogP contribution in [-0.2, 0) is 30.5 Å². The van der Waals surface area contributed by atoms with Crippen LogP contribution in [-0.4, -0.2) is 29.1 Å². The summed E-state index contributed by atoms with van der Waals surface area (Å²) in [7, 11) is 1.46. The van der Waals surface area contributed by atoms with Crippen molar-refractivity contribution in [1.29, 1.82) is 0 Å². The third-order valence-corrected chi connectivity index (χ3v) is 3.08. The zero-order valence-corrected chi connectivity index (χ0v) is 10.5. The number of hydrogen-bond acceptors (Lipinski definition) is 3. The number of fused-ring (bicyclic) bond motifs is 1. The highest BCUT2D eigenvalue weighted by molar-refractivity contribution is 5.75. The average Bonchev–Trinajstić information content (AvgIpc) is 2.74. The first-order valence-corrected chi connectivity index (χ1v) is 6.00. The fourth-order valence-corrected chi connectivity index (χ4v) is 2.17. The lowest BCUT2D eigenvalue weighted by Crippen LogP contribution is -2.26. The molecule has 0 aromatic carbocycles. The number of nitrogens with one attached hydrogen (secondary N) is 2. The van der Waals surface area contributed by atoms with Gasteiger partial charge < -0.3 is 15.2 Å². The molecular formula is C11H15F3N4O. The van der Waals surface area contributed by atoms with Crippen LogP contribution in [0.2, 0.25) is 0 Å². The van der Waals surface area contributed by atoms with Crippen LogP contribution in [0.1, 0.15) is 23.6 Å². The minimum absolute atomic E-state index is 0.00313. The molecule has 0 spiro atoms. The highest BCUT2D eigenvalue weighted by Gasteiger charge is 2.39. The van der Waals surface area contributed by atoms with E-state index in [1.165, 1.54) is 7.05 Å². The molecule has 0 aliphatic carbocycles. The molecule has 1 aromatic rings. The summed E-state index contributed by atoms with van der Waals surface area (Å²) < 4.78 is 39.9. The van der Waals surface area contributed by atoms with Gasteiger partial charge in [0.05, 0.1) is 5.69 Å². The van der Waals surface area contributed by atoms with Gasteiger partial charge in [0.2, 0.25) is 11.7 Å². The quantitative estimate of drug-likeness (QED) is 0.853. The van der Waals surface area contributed by atoms with Crippen molar-refractivity contribution in [3.05, 3.63) is 17.2 Å². The Morgan fingerprint density at radius 3 is 2.89 bits per heavy atom. The van der Waals surface area contributed by atoms with Gasteiger partial charge >= 0.3 is 6.18 Å². The molecule has 0 bridgehead atoms. The number of rotatable bonds is 3. The van der Waals surface area contributed by atoms with E-state index >= 15 is 0 Å². The van der Waals surface area contributed by atoms with E-state index in [-0.39, 0.29) is 18.9 Å². The highest BCUT2D eigenvalue weighted by Crippen LogP contribution is 2.31. The third-order valence-electron chi connectivity index (χ3n) is 3.08. The number of aromatic nitrogens is 2. The predicted octanol–water partition coefficient (Wildman–Crippen LogP) is 0.684. The van der Waals surface area contributed by atoms with Gasteiger partial charge in [0, 0.05) is 45.2 Å². The van der Waals surface area contributed by atoms with Crippen LogP contribution >= 0.6 is 0 Å². The van der Waals surface area contributed by atoms with E-state index in [1.807, 2.05) is 0 Å². The molecule has 2 N–H and O–H groups in total. The molecule has 0 saturated heterocycles. The molecule has 106 valence electrons. The number of nitrogens with zero attached hydrogens (tertiary/aromatic N) is 2. The van der Waals surface area contributed by atoms with E-state index in [4.69, 9.17) is 0 Å². The molecule has 0 saturated carbocycles. The second-order valence-electron chi connectivity index (χ2n) is 4.33. The standard InChI is InChI=1S/C11H15F3N4O/c1-15-9(19)3-5-18-8-2-4-16-6-7(8)17-10(18)11(12,13)14/h16H,2-6H2,1H3,(H,15,19). The molecule has 19 heavy (non-hydrogen) atoms. The summed E-state index contributed by atoms with van der Waals surface area (Å²) in [6.45, 7) is 0.957. The molecule has 1 aliphatic rings. The Kier molecular flexibility index (Phi) is 3.79. The first kappa shape index (κ1) is 13.9. The molecule has 0 fully saturated rings. The maximum Gasteiger partial charge on any atom is 0.449 e. The zero-order chi connectivity index (χ0) is 14.0. The molecule has 1 aromatic heterocycles. The normalized spacial score (nSPS) is 15.2. The SMILES string of the molecule is CNC(=O)CCn1c(C(F)(F)F)nc2c1CCNC2. The first-order chi connectivity index (χ1) is 8.93. The lowest BCUT2D eigenvalue weighted by molar-refractivity contribution is -0.147. The van der Waals surface area contributed by atoms with Crippen molar-refractivity contribution in [3.8, 4) is 0 Å². The molecular weight excluding hydrogens is 261 g/mol. The van der Waals surface area contributed by atoms with Crippen molar-refractivity contribution in [2.24, 2.45) is 0 Å². The summed E-state index contributed by atoms with van der Waals surface area (Å²) in [6, 6.07) is 0. The van der Waals surface area contributed by atoms with E-state index in [2.05, 4.69) is 15.6 Å². The van der Waals surface area contributed by atoms with E-state index in [1.54, 1.807) is 0 Å². The number of amides is 1.